The minimum Gasteiger partial charge on any atom is -0.475 e. The van der Waals surface area contributed by atoms with Gasteiger partial charge >= 0.3 is 5.91 Å². The van der Waals surface area contributed by atoms with E-state index in [0.29, 0.717) is 56.0 Å². The van der Waals surface area contributed by atoms with Gasteiger partial charge in [-0.25, -0.2) is 25.0 Å². The summed E-state index contributed by atoms with van der Waals surface area (Å²) in [6, 6.07) is 17.9. The number of aliphatic hydroxyl groups is 2. The molecule has 5 N–H and O–H groups in total. The number of likely N-dealkylation sites (tertiary alicyclic amines) is 1. The van der Waals surface area contributed by atoms with Crippen molar-refractivity contribution in [1.29, 1.82) is 0 Å². The first kappa shape index (κ1) is 38.9. The van der Waals surface area contributed by atoms with Gasteiger partial charge in [0.25, 0.3) is 5.91 Å². The van der Waals surface area contributed by atoms with Crippen LogP contribution in [0.4, 0.5) is 11.4 Å². The number of nitrogens with one attached hydrogen (secondary N) is 3. The molecule has 3 aliphatic heterocycles. The second-order valence-corrected chi connectivity index (χ2v) is 15.2. The Hall–Kier alpha value is -4.80. The zero-order valence-corrected chi connectivity index (χ0v) is 32.1. The van der Waals surface area contributed by atoms with Crippen molar-refractivity contribution in [1.82, 2.24) is 35.0 Å². The summed E-state index contributed by atoms with van der Waals surface area (Å²) in [5.74, 6) is -1.77. The lowest BCUT2D eigenvalue weighted by Crippen LogP contribution is -2.59. The van der Waals surface area contributed by atoms with Gasteiger partial charge in [-0.15, -0.1) is 0 Å². The fourth-order valence-electron chi connectivity index (χ4n) is 6.59. The highest BCUT2D eigenvalue weighted by Gasteiger charge is 2.46. The highest BCUT2D eigenvalue weighted by molar-refractivity contribution is 7.99. The third kappa shape index (κ3) is 8.93. The maximum absolute atomic E-state index is 12.8. The standard InChI is InChI=1S/C23H31N5O3S.C16H18N4O2/c1-16(2)28-15-24-21(25-28)19-6-4-17(5-7-19)18-8-11-26(12-9-18)22(29)23(30,31)27-13-10-20(14-27)32-3;1-10(2)22-15-6-3-11(8-17-15)16-13-7-12(18-9-21)4-5-14(13)19-20-16/h4-8,15-16,20,30-31H,9-14H2,1-3H3;3-10,16,19-20H,1-2H3,(H,18,21)/t20-;/m0./s1. The van der Waals surface area contributed by atoms with Crippen molar-refractivity contribution in [3.8, 4) is 17.3 Å². The number of thioether (sulfide) groups is 1. The van der Waals surface area contributed by atoms with Gasteiger partial charge in [-0.05, 0) is 81.7 Å². The van der Waals surface area contributed by atoms with E-state index in [-0.39, 0.29) is 18.2 Å². The average Bonchev–Trinajstić information content (AvgIpc) is 3.96. The highest BCUT2D eigenvalue weighted by atomic mass is 32.2. The van der Waals surface area contributed by atoms with Gasteiger partial charge in [0.1, 0.15) is 6.33 Å². The Morgan fingerprint density at radius 2 is 1.83 bits per heavy atom. The smallest absolute Gasteiger partial charge is 0.309 e. The van der Waals surface area contributed by atoms with E-state index in [4.69, 9.17) is 4.74 Å². The molecular weight excluding hydrogens is 707 g/mol. The topological polar surface area (TPSA) is 170 Å². The summed E-state index contributed by atoms with van der Waals surface area (Å²) >= 11 is 1.69. The number of pyridine rings is 1. The summed E-state index contributed by atoms with van der Waals surface area (Å²) in [5.41, 5.74) is 13.4. The van der Waals surface area contributed by atoms with Crippen LogP contribution in [0.1, 0.15) is 69.3 Å². The van der Waals surface area contributed by atoms with E-state index >= 15 is 0 Å². The Morgan fingerprint density at radius 3 is 2.44 bits per heavy atom. The number of hydrogen-bond acceptors (Lipinski definition) is 12. The van der Waals surface area contributed by atoms with Crippen LogP contribution in [0.3, 0.4) is 0 Å². The first-order valence-corrected chi connectivity index (χ1v) is 19.5. The maximum atomic E-state index is 12.8. The van der Waals surface area contributed by atoms with Crippen LogP contribution in [0.15, 0.2) is 73.2 Å². The third-order valence-corrected chi connectivity index (χ3v) is 10.7. The summed E-state index contributed by atoms with van der Waals surface area (Å²) in [6.45, 7) is 9.89. The molecule has 0 radical (unpaired) electrons. The Bertz CT molecular complexity index is 1930. The largest absolute Gasteiger partial charge is 0.475 e. The summed E-state index contributed by atoms with van der Waals surface area (Å²) in [6.07, 6.45) is 9.83. The van der Waals surface area contributed by atoms with E-state index in [1.807, 2.05) is 85.5 Å². The van der Waals surface area contributed by atoms with Crippen LogP contribution < -0.4 is 20.9 Å². The summed E-state index contributed by atoms with van der Waals surface area (Å²) in [5, 5.41) is 28.6. The van der Waals surface area contributed by atoms with Crippen molar-refractivity contribution in [2.75, 3.05) is 43.2 Å². The van der Waals surface area contributed by atoms with Gasteiger partial charge in [0.05, 0.1) is 17.8 Å². The van der Waals surface area contributed by atoms with Crippen LogP contribution in [0, 0.1) is 0 Å². The number of hydrazine groups is 1. The molecule has 4 aromatic rings. The molecule has 0 bridgehead atoms. The van der Waals surface area contributed by atoms with Crippen LogP contribution in [0.5, 0.6) is 5.88 Å². The van der Waals surface area contributed by atoms with E-state index in [1.165, 1.54) is 9.80 Å². The van der Waals surface area contributed by atoms with Crippen molar-refractivity contribution in [3.63, 3.8) is 0 Å². The van der Waals surface area contributed by atoms with Crippen LogP contribution in [0.25, 0.3) is 17.0 Å². The maximum Gasteiger partial charge on any atom is 0.309 e. The predicted octanol–water partition coefficient (Wildman–Crippen LogP) is 4.67. The quantitative estimate of drug-likeness (QED) is 0.106. The Kier molecular flexibility index (Phi) is 12.3. The van der Waals surface area contributed by atoms with E-state index in [9.17, 15) is 19.8 Å². The number of ether oxygens (including phenoxy) is 1. The molecule has 2 aromatic heterocycles. The molecule has 3 aliphatic rings. The molecule has 286 valence electrons. The molecule has 14 nitrogen and oxygen atoms in total. The Morgan fingerprint density at radius 1 is 1.06 bits per heavy atom. The molecule has 0 saturated carbocycles. The van der Waals surface area contributed by atoms with E-state index in [0.717, 1.165) is 45.6 Å². The number of hydrogen-bond donors (Lipinski definition) is 5. The summed E-state index contributed by atoms with van der Waals surface area (Å²) < 4.78 is 7.39. The molecule has 1 unspecified atom stereocenters. The van der Waals surface area contributed by atoms with Crippen molar-refractivity contribution < 1.29 is 24.5 Å². The minimum absolute atomic E-state index is 0.0241. The second-order valence-electron chi connectivity index (χ2n) is 14.0. The third-order valence-electron chi connectivity index (χ3n) is 9.64. The summed E-state index contributed by atoms with van der Waals surface area (Å²) in [4.78, 5) is 35.1. The summed E-state index contributed by atoms with van der Waals surface area (Å²) in [7, 11) is 0. The number of carbonyl (C=O) groups is 2. The number of rotatable bonds is 11. The van der Waals surface area contributed by atoms with Crippen LogP contribution in [-0.2, 0) is 9.59 Å². The molecule has 0 spiro atoms. The number of amides is 2. The van der Waals surface area contributed by atoms with Gasteiger partial charge in [0, 0.05) is 66.5 Å². The lowest BCUT2D eigenvalue weighted by Gasteiger charge is -2.36. The van der Waals surface area contributed by atoms with Gasteiger partial charge < -0.3 is 30.6 Å². The highest BCUT2D eigenvalue weighted by Crippen LogP contribution is 2.35. The predicted molar refractivity (Wildman–Crippen MR) is 210 cm³/mol. The monoisotopic (exact) mass is 755 g/mol. The molecule has 2 atom stereocenters. The molecular formula is C39H49N9O5S. The molecule has 54 heavy (non-hydrogen) atoms. The zero-order chi connectivity index (χ0) is 38.4. The van der Waals surface area contributed by atoms with Crippen molar-refractivity contribution in [2.45, 2.75) is 69.9 Å². The van der Waals surface area contributed by atoms with Crippen molar-refractivity contribution in [2.24, 2.45) is 0 Å². The zero-order valence-electron chi connectivity index (χ0n) is 31.3. The minimum atomic E-state index is -2.44. The van der Waals surface area contributed by atoms with Crippen LogP contribution in [-0.4, -0.2) is 102 Å². The van der Waals surface area contributed by atoms with Gasteiger partial charge in [0.2, 0.25) is 12.3 Å². The first-order valence-electron chi connectivity index (χ1n) is 18.2. The first-order chi connectivity index (χ1) is 26.0. The second kappa shape index (κ2) is 17.1. The number of benzene rings is 2. The SMILES string of the molecule is CC(C)Oc1ccc(C2NNc3ccc(NC=O)cc32)cn1.CS[C@H]1CCN(C(O)(O)C(=O)N2CC=C(c3ccc(-c4ncn(C(C)C)n4)cc3)CC2)C1. The fourth-order valence-corrected chi connectivity index (χ4v) is 7.26. The molecule has 1 fully saturated rings. The number of aromatic nitrogens is 4. The molecule has 0 aliphatic carbocycles. The number of nitrogens with zero attached hydrogens (tertiary/aromatic N) is 6. The fraction of sp³-hybridized carbons (Fsp3) is 0.410. The normalized spacial score (nSPS) is 18.5. The molecule has 7 rings (SSSR count). The Balaban J connectivity index is 0.000000197. The number of anilines is 2. The number of carbonyl (C=O) groups excluding carboxylic acids is 2. The van der Waals surface area contributed by atoms with Gasteiger partial charge in [0.15, 0.2) is 5.82 Å². The van der Waals surface area contributed by atoms with Crippen molar-refractivity contribution in [3.05, 3.63) is 89.9 Å². The molecule has 2 amide bonds. The van der Waals surface area contributed by atoms with Gasteiger partial charge in [-0.1, -0.05) is 36.4 Å². The van der Waals surface area contributed by atoms with Gasteiger partial charge in [-0.3, -0.25) is 9.59 Å². The average molecular weight is 756 g/mol. The molecule has 1 saturated heterocycles. The lowest BCUT2D eigenvalue weighted by atomic mass is 9.98. The van der Waals surface area contributed by atoms with E-state index in [2.05, 4.69) is 45.1 Å². The molecule has 2 aromatic carbocycles. The van der Waals surface area contributed by atoms with Gasteiger partial charge in [-0.2, -0.15) is 16.9 Å². The lowest BCUT2D eigenvalue weighted by molar-refractivity contribution is -0.253. The molecule has 15 heteroatoms. The van der Waals surface area contributed by atoms with E-state index < -0.39 is 11.8 Å². The molecule has 5 heterocycles. The van der Waals surface area contributed by atoms with Crippen LogP contribution in [0.2, 0.25) is 0 Å². The number of fused-ring (bicyclic) bond motifs is 1. The van der Waals surface area contributed by atoms with Crippen LogP contribution >= 0.6 is 11.8 Å². The van der Waals surface area contributed by atoms with E-state index in [1.54, 1.807) is 24.3 Å². The van der Waals surface area contributed by atoms with Crippen molar-refractivity contribution >= 4 is 41.0 Å². The Labute approximate surface area is 320 Å².